The summed E-state index contributed by atoms with van der Waals surface area (Å²) < 4.78 is 0. The number of aliphatic carboxylic acids is 1. The number of nitrogens with zero attached hydrogens (tertiary/aromatic N) is 1. The molecule has 1 amide bonds. The zero-order valence-electron chi connectivity index (χ0n) is 9.72. The first-order valence-electron chi connectivity index (χ1n) is 5.61. The molecule has 0 spiro atoms. The third kappa shape index (κ3) is 3.59. The molecule has 0 aromatic rings. The molecule has 2 N–H and O–H groups in total. The lowest BCUT2D eigenvalue weighted by atomic mass is 9.82. The summed E-state index contributed by atoms with van der Waals surface area (Å²) in [4.78, 5) is 22.9. The predicted molar refractivity (Wildman–Crippen MR) is 60.8 cm³/mol. The van der Waals surface area contributed by atoms with Gasteiger partial charge >= 0.3 is 5.97 Å². The van der Waals surface area contributed by atoms with Crippen LogP contribution in [0.2, 0.25) is 0 Å². The Morgan fingerprint density at radius 3 is 2.59 bits per heavy atom. The van der Waals surface area contributed by atoms with Crippen molar-refractivity contribution in [1.82, 2.24) is 5.32 Å². The van der Waals surface area contributed by atoms with Crippen molar-refractivity contribution in [3.63, 3.8) is 0 Å². The first-order chi connectivity index (χ1) is 8.06. The highest BCUT2D eigenvalue weighted by Crippen LogP contribution is 2.26. The molecule has 5 nitrogen and oxygen atoms in total. The average Bonchev–Trinajstić information content (AvgIpc) is 2.29. The smallest absolute Gasteiger partial charge is 0.307 e. The number of carboxylic acid groups (broad SMARTS) is 1. The summed E-state index contributed by atoms with van der Waals surface area (Å²) in [5.41, 5.74) is 0. The van der Waals surface area contributed by atoms with Gasteiger partial charge in [0.2, 0.25) is 5.91 Å². The number of hydrogen-bond donors (Lipinski definition) is 2. The maximum Gasteiger partial charge on any atom is 0.307 e. The summed E-state index contributed by atoms with van der Waals surface area (Å²) in [7, 11) is 0. The first-order valence-corrected chi connectivity index (χ1v) is 5.61. The molecule has 0 heterocycles. The molecule has 0 saturated carbocycles. The summed E-state index contributed by atoms with van der Waals surface area (Å²) in [5.74, 6) is -2.40. The number of amides is 1. The van der Waals surface area contributed by atoms with E-state index in [0.29, 0.717) is 12.8 Å². The number of nitrogens with one attached hydrogen (secondary N) is 1. The van der Waals surface area contributed by atoms with Crippen LogP contribution in [0, 0.1) is 23.2 Å². The van der Waals surface area contributed by atoms with Gasteiger partial charge in [0.15, 0.2) is 0 Å². The van der Waals surface area contributed by atoms with E-state index in [2.05, 4.69) is 5.32 Å². The molecule has 0 aromatic heterocycles. The molecule has 1 rings (SSSR count). The maximum atomic E-state index is 11.9. The van der Waals surface area contributed by atoms with Gasteiger partial charge in [-0.05, 0) is 19.8 Å². The van der Waals surface area contributed by atoms with Crippen LogP contribution < -0.4 is 5.32 Å². The molecule has 5 heteroatoms. The zero-order chi connectivity index (χ0) is 12.8. The van der Waals surface area contributed by atoms with E-state index in [1.165, 1.54) is 0 Å². The molecular formula is C12H16N2O3. The monoisotopic (exact) mass is 236 g/mol. The van der Waals surface area contributed by atoms with Gasteiger partial charge in [-0.1, -0.05) is 12.2 Å². The van der Waals surface area contributed by atoms with Gasteiger partial charge in [0.1, 0.15) is 0 Å². The van der Waals surface area contributed by atoms with Crippen LogP contribution in [-0.2, 0) is 9.59 Å². The first kappa shape index (κ1) is 13.2. The number of carbonyl (C=O) groups is 2. The number of rotatable bonds is 4. The van der Waals surface area contributed by atoms with E-state index in [-0.39, 0.29) is 18.4 Å². The van der Waals surface area contributed by atoms with Gasteiger partial charge in [0.05, 0.1) is 24.3 Å². The van der Waals surface area contributed by atoms with Crippen LogP contribution in [0.4, 0.5) is 0 Å². The molecule has 17 heavy (non-hydrogen) atoms. The van der Waals surface area contributed by atoms with Crippen molar-refractivity contribution in [2.75, 3.05) is 0 Å². The molecule has 0 aliphatic heterocycles. The maximum absolute atomic E-state index is 11.9. The number of carbonyl (C=O) groups excluding carboxylic acids is 1. The van der Waals surface area contributed by atoms with Crippen LogP contribution in [0.3, 0.4) is 0 Å². The predicted octanol–water partition coefficient (Wildman–Crippen LogP) is 1.07. The Morgan fingerprint density at radius 2 is 2.06 bits per heavy atom. The minimum atomic E-state index is -0.942. The van der Waals surface area contributed by atoms with E-state index in [1.807, 2.05) is 12.1 Å². The second kappa shape index (κ2) is 6.04. The van der Waals surface area contributed by atoms with E-state index in [9.17, 15) is 9.59 Å². The molecule has 0 bridgehead atoms. The lowest BCUT2D eigenvalue weighted by Gasteiger charge is -2.25. The van der Waals surface area contributed by atoms with Gasteiger partial charge in [0.25, 0.3) is 0 Å². The molecule has 0 fully saturated rings. The van der Waals surface area contributed by atoms with Gasteiger partial charge in [-0.2, -0.15) is 5.26 Å². The Morgan fingerprint density at radius 1 is 1.47 bits per heavy atom. The van der Waals surface area contributed by atoms with Gasteiger partial charge < -0.3 is 10.4 Å². The van der Waals surface area contributed by atoms with Crippen LogP contribution in [0.25, 0.3) is 0 Å². The van der Waals surface area contributed by atoms with Crippen LogP contribution in [0.1, 0.15) is 26.2 Å². The van der Waals surface area contributed by atoms with Gasteiger partial charge in [-0.15, -0.1) is 0 Å². The highest BCUT2D eigenvalue weighted by molar-refractivity contribution is 5.85. The molecule has 1 aliphatic carbocycles. The third-order valence-corrected chi connectivity index (χ3v) is 2.87. The van der Waals surface area contributed by atoms with E-state index in [0.717, 1.165) is 0 Å². The summed E-state index contributed by atoms with van der Waals surface area (Å²) in [6.07, 6.45) is 4.69. The van der Waals surface area contributed by atoms with E-state index in [4.69, 9.17) is 10.4 Å². The van der Waals surface area contributed by atoms with Crippen molar-refractivity contribution in [2.45, 2.75) is 32.2 Å². The molecule has 1 unspecified atom stereocenters. The molecule has 1 aliphatic rings. The lowest BCUT2D eigenvalue weighted by Crippen LogP contribution is -2.42. The second-order valence-corrected chi connectivity index (χ2v) is 4.27. The van der Waals surface area contributed by atoms with Crippen LogP contribution in [0.15, 0.2) is 12.2 Å². The Kier molecular flexibility index (Phi) is 4.70. The average molecular weight is 236 g/mol. The number of hydrogen-bond acceptors (Lipinski definition) is 3. The van der Waals surface area contributed by atoms with E-state index >= 15 is 0 Å². The highest BCUT2D eigenvalue weighted by atomic mass is 16.4. The fourth-order valence-electron chi connectivity index (χ4n) is 1.91. The van der Waals surface area contributed by atoms with Gasteiger partial charge in [-0.3, -0.25) is 9.59 Å². The molecule has 0 saturated heterocycles. The summed E-state index contributed by atoms with van der Waals surface area (Å²) >= 11 is 0. The standard InChI is InChI=1S/C12H16N2O3/c1-8(6-7-13)14-11(15)9-4-2-3-5-10(9)12(16)17/h2-3,8-10H,4-6H2,1H3,(H,14,15)(H,16,17)/t8?,9-,10+/m1/s1. The van der Waals surface area contributed by atoms with Crippen LogP contribution >= 0.6 is 0 Å². The summed E-state index contributed by atoms with van der Waals surface area (Å²) in [6.45, 7) is 1.73. The Balaban J connectivity index is 2.64. The number of nitriles is 1. The molecule has 0 radical (unpaired) electrons. The Bertz CT molecular complexity index is 370. The van der Waals surface area contributed by atoms with Crippen molar-refractivity contribution < 1.29 is 14.7 Å². The molecule has 3 atom stereocenters. The normalized spacial score (nSPS) is 24.7. The fourth-order valence-corrected chi connectivity index (χ4v) is 1.91. The van der Waals surface area contributed by atoms with Crippen molar-refractivity contribution in [1.29, 1.82) is 5.26 Å². The number of allylic oxidation sites excluding steroid dienone is 2. The molecule has 0 aromatic carbocycles. The minimum absolute atomic E-state index is 0.228. The second-order valence-electron chi connectivity index (χ2n) is 4.27. The van der Waals surface area contributed by atoms with Gasteiger partial charge in [-0.25, -0.2) is 0 Å². The van der Waals surface area contributed by atoms with Crippen molar-refractivity contribution in [3.8, 4) is 6.07 Å². The largest absolute Gasteiger partial charge is 0.481 e. The van der Waals surface area contributed by atoms with E-state index in [1.54, 1.807) is 13.0 Å². The van der Waals surface area contributed by atoms with E-state index < -0.39 is 17.8 Å². The molecule has 92 valence electrons. The van der Waals surface area contributed by atoms with Gasteiger partial charge in [0, 0.05) is 6.04 Å². The summed E-state index contributed by atoms with van der Waals surface area (Å²) in [5, 5.41) is 20.2. The highest BCUT2D eigenvalue weighted by Gasteiger charge is 2.34. The lowest BCUT2D eigenvalue weighted by molar-refractivity contribution is -0.147. The van der Waals surface area contributed by atoms with Crippen molar-refractivity contribution in [3.05, 3.63) is 12.2 Å². The topological polar surface area (TPSA) is 90.2 Å². The van der Waals surface area contributed by atoms with Crippen LogP contribution in [-0.4, -0.2) is 23.0 Å². The van der Waals surface area contributed by atoms with Crippen molar-refractivity contribution >= 4 is 11.9 Å². The Labute approximate surface area is 100 Å². The Hall–Kier alpha value is -1.83. The van der Waals surface area contributed by atoms with Crippen molar-refractivity contribution in [2.24, 2.45) is 11.8 Å². The summed E-state index contributed by atoms with van der Waals surface area (Å²) in [6, 6.07) is 1.72. The molecular weight excluding hydrogens is 220 g/mol. The zero-order valence-corrected chi connectivity index (χ0v) is 9.72. The fraction of sp³-hybridized carbons (Fsp3) is 0.583. The minimum Gasteiger partial charge on any atom is -0.481 e. The third-order valence-electron chi connectivity index (χ3n) is 2.87. The SMILES string of the molecule is CC(CC#N)NC(=O)[C@@H]1CC=CC[C@@H]1C(=O)O. The number of carboxylic acids is 1. The quantitative estimate of drug-likeness (QED) is 0.714. The van der Waals surface area contributed by atoms with Crippen LogP contribution in [0.5, 0.6) is 0 Å².